The lowest BCUT2D eigenvalue weighted by Crippen LogP contribution is -2.14. The van der Waals surface area contributed by atoms with Crippen molar-refractivity contribution < 1.29 is 0 Å². The quantitative estimate of drug-likeness (QED) is 0.553. The normalized spacial score (nSPS) is 11.2. The molecule has 1 rings (SSSR count). The van der Waals surface area contributed by atoms with Crippen LogP contribution in [0.15, 0.2) is 23.7 Å². The van der Waals surface area contributed by atoms with Crippen molar-refractivity contribution in [1.82, 2.24) is 10.3 Å². The zero-order valence-electron chi connectivity index (χ0n) is 8.70. The summed E-state index contributed by atoms with van der Waals surface area (Å²) in [5, 5.41) is 6.58. The standard InChI is InChI=1S/C11H18N2S/c1-2-7-12-8-5-3-4-6-11-13-9-10-14-11/h3-4,9-10,12H,2,5-8H2,1H3. The summed E-state index contributed by atoms with van der Waals surface area (Å²) in [6.45, 7) is 4.40. The first-order valence-electron chi connectivity index (χ1n) is 5.17. The minimum absolute atomic E-state index is 0.978. The van der Waals surface area contributed by atoms with Gasteiger partial charge in [0.05, 0.1) is 5.01 Å². The van der Waals surface area contributed by atoms with E-state index in [9.17, 15) is 0 Å². The Hall–Kier alpha value is -0.670. The van der Waals surface area contributed by atoms with Gasteiger partial charge in [-0.25, -0.2) is 4.98 Å². The molecule has 0 aliphatic carbocycles. The fourth-order valence-electron chi connectivity index (χ4n) is 1.14. The van der Waals surface area contributed by atoms with Gasteiger partial charge in [-0.05, 0) is 25.9 Å². The first-order chi connectivity index (χ1) is 6.93. The molecule has 1 aromatic rings. The van der Waals surface area contributed by atoms with Crippen LogP contribution in [0.4, 0.5) is 0 Å². The Bertz CT molecular complexity index is 242. The summed E-state index contributed by atoms with van der Waals surface area (Å²) < 4.78 is 0. The summed E-state index contributed by atoms with van der Waals surface area (Å²) in [7, 11) is 0. The Kier molecular flexibility index (Phi) is 6.28. The summed E-state index contributed by atoms with van der Waals surface area (Å²) in [6, 6.07) is 0. The van der Waals surface area contributed by atoms with Crippen LogP contribution in [0.3, 0.4) is 0 Å². The van der Waals surface area contributed by atoms with Crippen LogP contribution in [0.25, 0.3) is 0 Å². The summed E-state index contributed by atoms with van der Waals surface area (Å²) in [5.74, 6) is 0. The SMILES string of the molecule is CCCNCCC=CCc1nccs1. The van der Waals surface area contributed by atoms with Gasteiger partial charge in [0.2, 0.25) is 0 Å². The maximum Gasteiger partial charge on any atom is 0.0962 e. The predicted octanol–water partition coefficient (Wildman–Crippen LogP) is 2.63. The number of thiazole rings is 1. The molecular weight excluding hydrogens is 192 g/mol. The van der Waals surface area contributed by atoms with Gasteiger partial charge in [0.1, 0.15) is 0 Å². The van der Waals surface area contributed by atoms with E-state index in [-0.39, 0.29) is 0 Å². The molecule has 2 nitrogen and oxygen atoms in total. The molecule has 3 heteroatoms. The van der Waals surface area contributed by atoms with Gasteiger partial charge in [0, 0.05) is 18.0 Å². The number of rotatable bonds is 7. The van der Waals surface area contributed by atoms with Crippen molar-refractivity contribution in [3.63, 3.8) is 0 Å². The van der Waals surface area contributed by atoms with Gasteiger partial charge in [-0.1, -0.05) is 19.1 Å². The molecule has 0 atom stereocenters. The summed E-state index contributed by atoms with van der Waals surface area (Å²) >= 11 is 1.72. The van der Waals surface area contributed by atoms with E-state index in [4.69, 9.17) is 0 Å². The molecule has 0 saturated carbocycles. The van der Waals surface area contributed by atoms with Crippen molar-refractivity contribution in [1.29, 1.82) is 0 Å². The Morgan fingerprint density at radius 1 is 1.43 bits per heavy atom. The molecule has 78 valence electrons. The zero-order valence-corrected chi connectivity index (χ0v) is 9.52. The minimum Gasteiger partial charge on any atom is -0.316 e. The number of hydrogen-bond acceptors (Lipinski definition) is 3. The zero-order chi connectivity index (χ0) is 10.1. The maximum atomic E-state index is 4.22. The minimum atomic E-state index is 0.978. The van der Waals surface area contributed by atoms with E-state index < -0.39 is 0 Å². The molecule has 0 spiro atoms. The van der Waals surface area contributed by atoms with Crippen LogP contribution >= 0.6 is 11.3 Å². The van der Waals surface area contributed by atoms with E-state index in [0.29, 0.717) is 0 Å². The van der Waals surface area contributed by atoms with E-state index in [1.54, 1.807) is 11.3 Å². The van der Waals surface area contributed by atoms with Gasteiger partial charge in [0.15, 0.2) is 0 Å². The topological polar surface area (TPSA) is 24.9 Å². The van der Waals surface area contributed by atoms with Crippen molar-refractivity contribution in [3.8, 4) is 0 Å². The highest BCUT2D eigenvalue weighted by Gasteiger charge is 1.89. The molecule has 0 aliphatic rings. The van der Waals surface area contributed by atoms with E-state index in [1.807, 2.05) is 11.6 Å². The fraction of sp³-hybridized carbons (Fsp3) is 0.545. The van der Waals surface area contributed by atoms with Crippen molar-refractivity contribution in [2.24, 2.45) is 0 Å². The smallest absolute Gasteiger partial charge is 0.0962 e. The molecule has 0 aliphatic heterocycles. The van der Waals surface area contributed by atoms with E-state index in [1.165, 1.54) is 11.4 Å². The fourth-order valence-corrected chi connectivity index (χ4v) is 1.74. The number of nitrogens with one attached hydrogen (secondary N) is 1. The Balaban J connectivity index is 1.99. The lowest BCUT2D eigenvalue weighted by Gasteiger charge is -1.97. The van der Waals surface area contributed by atoms with E-state index in [2.05, 4.69) is 29.4 Å². The van der Waals surface area contributed by atoms with Gasteiger partial charge in [-0.3, -0.25) is 0 Å². The number of nitrogens with zero attached hydrogens (tertiary/aromatic N) is 1. The number of hydrogen-bond donors (Lipinski definition) is 1. The van der Waals surface area contributed by atoms with Crippen LogP contribution in [0, 0.1) is 0 Å². The Morgan fingerprint density at radius 2 is 2.36 bits per heavy atom. The highest BCUT2D eigenvalue weighted by Crippen LogP contribution is 2.04. The molecular formula is C11H18N2S. The lowest BCUT2D eigenvalue weighted by atomic mass is 10.3. The molecule has 14 heavy (non-hydrogen) atoms. The average molecular weight is 210 g/mol. The Morgan fingerprint density at radius 3 is 3.07 bits per heavy atom. The molecule has 0 aromatic carbocycles. The largest absolute Gasteiger partial charge is 0.316 e. The van der Waals surface area contributed by atoms with Crippen LogP contribution in [-0.4, -0.2) is 18.1 Å². The van der Waals surface area contributed by atoms with Gasteiger partial charge in [-0.15, -0.1) is 11.3 Å². The van der Waals surface area contributed by atoms with Crippen LogP contribution in [0.5, 0.6) is 0 Å². The second-order valence-corrected chi connectivity index (χ2v) is 4.12. The predicted molar refractivity (Wildman–Crippen MR) is 62.7 cm³/mol. The monoisotopic (exact) mass is 210 g/mol. The maximum absolute atomic E-state index is 4.22. The summed E-state index contributed by atoms with van der Waals surface area (Å²) in [5.41, 5.74) is 0. The highest BCUT2D eigenvalue weighted by atomic mass is 32.1. The van der Waals surface area contributed by atoms with Gasteiger partial charge >= 0.3 is 0 Å². The second kappa shape index (κ2) is 7.71. The Labute approximate surface area is 90.1 Å². The molecule has 0 radical (unpaired) electrons. The first kappa shape index (κ1) is 11.4. The highest BCUT2D eigenvalue weighted by molar-refractivity contribution is 7.09. The average Bonchev–Trinajstić information content (AvgIpc) is 2.69. The molecule has 1 heterocycles. The van der Waals surface area contributed by atoms with Gasteiger partial charge in [-0.2, -0.15) is 0 Å². The van der Waals surface area contributed by atoms with Crippen LogP contribution in [0.2, 0.25) is 0 Å². The van der Waals surface area contributed by atoms with Crippen molar-refractivity contribution in [3.05, 3.63) is 28.7 Å². The number of aromatic nitrogens is 1. The van der Waals surface area contributed by atoms with Crippen molar-refractivity contribution in [2.45, 2.75) is 26.2 Å². The first-order valence-corrected chi connectivity index (χ1v) is 6.05. The molecule has 0 amide bonds. The van der Waals surface area contributed by atoms with Gasteiger partial charge in [0.25, 0.3) is 0 Å². The third kappa shape index (κ3) is 5.14. The number of allylic oxidation sites excluding steroid dienone is 1. The molecule has 1 N–H and O–H groups in total. The third-order valence-corrected chi connectivity index (χ3v) is 2.66. The van der Waals surface area contributed by atoms with E-state index in [0.717, 1.165) is 25.9 Å². The summed E-state index contributed by atoms with van der Waals surface area (Å²) in [6.07, 6.45) is 9.59. The van der Waals surface area contributed by atoms with E-state index >= 15 is 0 Å². The molecule has 1 aromatic heterocycles. The second-order valence-electron chi connectivity index (χ2n) is 3.14. The lowest BCUT2D eigenvalue weighted by molar-refractivity contribution is 0.678. The van der Waals surface area contributed by atoms with Crippen molar-refractivity contribution >= 4 is 11.3 Å². The molecule has 0 saturated heterocycles. The molecule has 0 unspecified atom stereocenters. The molecule has 0 bridgehead atoms. The third-order valence-electron chi connectivity index (χ3n) is 1.86. The van der Waals surface area contributed by atoms with Gasteiger partial charge < -0.3 is 5.32 Å². The van der Waals surface area contributed by atoms with Crippen molar-refractivity contribution in [2.75, 3.05) is 13.1 Å². The van der Waals surface area contributed by atoms with Crippen LogP contribution in [-0.2, 0) is 6.42 Å². The van der Waals surface area contributed by atoms with Crippen LogP contribution in [0.1, 0.15) is 24.8 Å². The van der Waals surface area contributed by atoms with Crippen LogP contribution < -0.4 is 5.32 Å². The molecule has 0 fully saturated rings. The summed E-state index contributed by atoms with van der Waals surface area (Å²) in [4.78, 5) is 4.22.